The number of hydrogen-bond donors (Lipinski definition) is 3. The molecule has 0 spiro atoms. The lowest BCUT2D eigenvalue weighted by atomic mass is 9.53. The van der Waals surface area contributed by atoms with Gasteiger partial charge < -0.3 is 67.8 Å². The van der Waals surface area contributed by atoms with Crippen molar-refractivity contribution >= 4 is 58.9 Å². The number of aliphatic hydroxyl groups excluding tert-OH is 2. The van der Waals surface area contributed by atoms with Crippen molar-refractivity contribution in [3.05, 3.63) is 81.9 Å². The normalized spacial score (nSPS) is 37.0. The Hall–Kier alpha value is -6.96. The fourth-order valence-electron chi connectivity index (χ4n) is 18.0. The lowest BCUT2D eigenvalue weighted by molar-refractivity contribution is -0.265. The number of fused-ring (bicyclic) bond motifs is 7. The molecular formula is C83H120N2O22. The number of unbranched alkanes of at least 4 members (excludes halogenated alkanes) is 1. The second-order valence-corrected chi connectivity index (χ2v) is 32.0. The fraction of sp³-hybridized carbons (Fsp3) is 0.711. The van der Waals surface area contributed by atoms with Crippen molar-refractivity contribution in [2.75, 3.05) is 47.6 Å². The molecule has 0 aromatic heterocycles. The number of nitrogens with zero attached hydrogens (tertiary/aromatic N) is 2. The van der Waals surface area contributed by atoms with Gasteiger partial charge in [-0.1, -0.05) is 78.0 Å². The summed E-state index contributed by atoms with van der Waals surface area (Å²) in [4.78, 5) is 144. The van der Waals surface area contributed by atoms with Gasteiger partial charge in [0.2, 0.25) is 11.6 Å². The molecule has 24 nitrogen and oxygen atoms in total. The molecule has 107 heavy (non-hydrogen) atoms. The van der Waals surface area contributed by atoms with Gasteiger partial charge in [-0.25, -0.2) is 9.59 Å². The number of hydrogen-bond acceptors (Lipinski definition) is 23. The summed E-state index contributed by atoms with van der Waals surface area (Å²) in [6, 6.07) is -1.22. The molecule has 0 aromatic carbocycles. The van der Waals surface area contributed by atoms with Gasteiger partial charge in [0, 0.05) is 114 Å². The number of carbonyl (C=O) groups excluding carboxylic acids is 10. The average molecular weight is 1500 g/mol. The monoisotopic (exact) mass is 1500 g/mol. The van der Waals surface area contributed by atoms with Crippen LogP contribution in [-0.2, 0) is 90.6 Å². The molecular weight excluding hydrogens is 1380 g/mol. The number of piperidine rings is 1. The number of rotatable bonds is 18. The zero-order valence-corrected chi connectivity index (χ0v) is 65.8. The van der Waals surface area contributed by atoms with Gasteiger partial charge in [-0.15, -0.1) is 0 Å². The maximum absolute atomic E-state index is 14.8. The summed E-state index contributed by atoms with van der Waals surface area (Å²) in [5.41, 5.74) is -0.302. The lowest BCUT2D eigenvalue weighted by Gasteiger charge is -2.54. The lowest BCUT2D eigenvalue weighted by Crippen LogP contribution is -2.61. The molecule has 0 aromatic rings. The van der Waals surface area contributed by atoms with E-state index in [4.69, 9.17) is 42.6 Å². The second-order valence-electron chi connectivity index (χ2n) is 32.0. The highest BCUT2D eigenvalue weighted by Gasteiger charge is 2.65. The van der Waals surface area contributed by atoms with Crippen molar-refractivity contribution in [1.82, 2.24) is 9.80 Å². The van der Waals surface area contributed by atoms with E-state index in [0.29, 0.717) is 114 Å². The number of ketones is 4. The smallest absolute Gasteiger partial charge is 0.340 e. The van der Waals surface area contributed by atoms with Crippen LogP contribution in [-0.4, -0.2) is 198 Å². The van der Waals surface area contributed by atoms with E-state index in [2.05, 4.69) is 0 Å². The molecule has 3 saturated heterocycles. The number of allylic oxidation sites excluding steroid dienone is 7. The third kappa shape index (κ3) is 19.6. The third-order valence-corrected chi connectivity index (χ3v) is 24.4. The van der Waals surface area contributed by atoms with Crippen molar-refractivity contribution in [2.45, 2.75) is 278 Å². The number of esters is 5. The van der Waals surface area contributed by atoms with E-state index in [1.165, 1.54) is 26.0 Å². The first-order valence-electron chi connectivity index (χ1n) is 39.1. The number of carbonyl (C=O) groups is 10. The number of aliphatic hydroxyl groups is 3. The van der Waals surface area contributed by atoms with Gasteiger partial charge in [0.25, 0.3) is 11.7 Å². The molecule has 2 saturated carbocycles. The van der Waals surface area contributed by atoms with Crippen LogP contribution in [0.25, 0.3) is 0 Å². The van der Waals surface area contributed by atoms with Gasteiger partial charge in [0.05, 0.1) is 29.8 Å². The molecule has 8 aliphatic rings. The molecule has 3 N–H and O–H groups in total. The SMILES string of the molecule is CCN(/C=C1/C(=O)O[C@H](COC)[C@@]2(C)C1=C(O)C(=O)C1=C2[C@H](OC(C)=O)C[C@@]2(C)C1CC[C@@H]2OC(=O)CCCCC(=O)OC1CCC(C[C@@H](C)[C@@H]2CC(=O)C(C)/C=C(\C)[C@@H](O)[C@@H](OC)C(=O)[C@H](C)C[C@H](C)/C=C/C=C/C=C(\C)[C@@H](OC)C[C@@H]3CC[C@@H](C)[C@@](O)(O3)C(=O)C(=O)N3CCCC[C@H]3C(=O)O2)CC1)CC. The predicted molar refractivity (Wildman–Crippen MR) is 395 cm³/mol. The summed E-state index contributed by atoms with van der Waals surface area (Å²) in [5, 5.41) is 35.8. The number of cyclic esters (lactones) is 2. The maximum atomic E-state index is 14.8. The quantitative estimate of drug-likeness (QED) is 0.0287. The number of amides is 1. The molecule has 18 atom stereocenters. The minimum atomic E-state index is -2.49. The Kier molecular flexibility index (Phi) is 30.1. The number of ether oxygens (including phenoxy) is 9. The Morgan fingerprint density at radius 3 is 2.12 bits per heavy atom. The molecule has 4 aliphatic carbocycles. The van der Waals surface area contributed by atoms with Crippen LogP contribution in [0.4, 0.5) is 0 Å². The zero-order valence-electron chi connectivity index (χ0n) is 65.8. The first-order chi connectivity index (χ1) is 50.7. The highest BCUT2D eigenvalue weighted by Crippen LogP contribution is 2.64. The van der Waals surface area contributed by atoms with E-state index in [-0.39, 0.29) is 97.9 Å². The highest BCUT2D eigenvalue weighted by molar-refractivity contribution is 6.39. The Bertz CT molecular complexity index is 3500. The van der Waals surface area contributed by atoms with Crippen molar-refractivity contribution < 1.29 is 106 Å². The first kappa shape index (κ1) is 85.6. The average Bonchev–Trinajstić information content (AvgIpc) is 1.66. The van der Waals surface area contributed by atoms with Crippen molar-refractivity contribution in [1.29, 1.82) is 0 Å². The largest absolute Gasteiger partial charge is 0.504 e. The van der Waals surface area contributed by atoms with E-state index < -0.39 is 154 Å². The molecule has 2 unspecified atom stereocenters. The first-order valence-corrected chi connectivity index (χ1v) is 39.1. The van der Waals surface area contributed by atoms with Crippen LogP contribution < -0.4 is 0 Å². The van der Waals surface area contributed by atoms with Crippen LogP contribution in [0, 0.1) is 52.3 Å². The van der Waals surface area contributed by atoms with Crippen molar-refractivity contribution in [3.63, 3.8) is 0 Å². The summed E-state index contributed by atoms with van der Waals surface area (Å²) >= 11 is 0. The molecule has 24 heteroatoms. The molecule has 8 rings (SSSR count). The van der Waals surface area contributed by atoms with Crippen LogP contribution in [0.1, 0.15) is 212 Å². The number of Topliss-reactive ketones (excluding diaryl/α,β-unsaturated/α-hetero) is 4. The van der Waals surface area contributed by atoms with E-state index in [9.17, 15) is 63.3 Å². The molecule has 2 bridgehead atoms. The van der Waals surface area contributed by atoms with Crippen LogP contribution >= 0.6 is 0 Å². The predicted octanol–water partition coefficient (Wildman–Crippen LogP) is 10.8. The molecule has 5 fully saturated rings. The maximum Gasteiger partial charge on any atom is 0.340 e. The molecule has 0 radical (unpaired) electrons. The van der Waals surface area contributed by atoms with E-state index >= 15 is 0 Å². The summed E-state index contributed by atoms with van der Waals surface area (Å²) < 4.78 is 54.1. The van der Waals surface area contributed by atoms with Gasteiger partial charge >= 0.3 is 29.8 Å². The Balaban J connectivity index is 0.903. The fourth-order valence-corrected chi connectivity index (χ4v) is 18.0. The van der Waals surface area contributed by atoms with Crippen molar-refractivity contribution in [3.8, 4) is 0 Å². The van der Waals surface area contributed by atoms with Gasteiger partial charge in [0.1, 0.15) is 54.6 Å². The van der Waals surface area contributed by atoms with Crippen LogP contribution in [0.3, 0.4) is 0 Å². The van der Waals surface area contributed by atoms with E-state index in [0.717, 1.165) is 5.57 Å². The van der Waals surface area contributed by atoms with Gasteiger partial charge in [-0.05, 0) is 178 Å². The molecule has 4 heterocycles. The van der Waals surface area contributed by atoms with Crippen LogP contribution in [0.5, 0.6) is 0 Å². The summed E-state index contributed by atoms with van der Waals surface area (Å²) in [6.07, 6.45) is 11.9. The van der Waals surface area contributed by atoms with E-state index in [1.54, 1.807) is 54.0 Å². The second kappa shape index (κ2) is 37.6. The van der Waals surface area contributed by atoms with Crippen LogP contribution in [0.2, 0.25) is 0 Å². The molecule has 594 valence electrons. The van der Waals surface area contributed by atoms with E-state index in [1.807, 2.05) is 76.8 Å². The zero-order chi connectivity index (χ0) is 78.6. The molecule has 1 amide bonds. The number of methoxy groups -OCH3 is 3. The minimum absolute atomic E-state index is 0.0112. The Labute approximate surface area is 631 Å². The Morgan fingerprint density at radius 1 is 0.794 bits per heavy atom. The highest BCUT2D eigenvalue weighted by atomic mass is 16.6. The van der Waals surface area contributed by atoms with Gasteiger partial charge in [-0.3, -0.25) is 38.4 Å². The van der Waals surface area contributed by atoms with Gasteiger partial charge in [-0.2, -0.15) is 0 Å². The minimum Gasteiger partial charge on any atom is -0.504 e. The summed E-state index contributed by atoms with van der Waals surface area (Å²) in [5.74, 6) is -12.7. The molecule has 4 aliphatic heterocycles. The summed E-state index contributed by atoms with van der Waals surface area (Å²) in [7, 11) is 4.38. The third-order valence-electron chi connectivity index (χ3n) is 24.4. The van der Waals surface area contributed by atoms with Gasteiger partial charge in [0.15, 0.2) is 11.5 Å². The van der Waals surface area contributed by atoms with Crippen LogP contribution in [0.15, 0.2) is 81.9 Å². The Morgan fingerprint density at radius 2 is 1.48 bits per heavy atom. The van der Waals surface area contributed by atoms with Crippen molar-refractivity contribution in [2.24, 2.45) is 52.3 Å². The standard InChI is InChI=1S/C83H120N2O22/c1-16-84(17-2)45-58-70-75(93)74(92)69-59-36-37-65(81(59,11)44-64(102-54(10)86)71(69)82(70,12)66(46-99-13)106-79(58)96)105-68(89)29-22-21-28-67(88)103-56-34-31-55(32-35-56)41-50(6)63-43-61(87)49(5)40-52(8)73(91)76(101-15)72(90)51(7)39-47(3)25-19-18-20-26-48(4)62(100-14)42-57-33-30-53(9)83(98,107-57)77(94)78(95)85-38-24-23-27-60(85)80(97)104-63/h18-20,25-26,40,45,47,49-51,53,55-57,59-60,62-66,73,76,91,93,98H,16-17,21-24,27-39,41-44,46H2,1-15H3/b20-18+,25-19+,48-26+,52-40+,58-45+/t47-,49?,50-,51-,53-,55?,56?,57+,59?,60+,62+,63+,64-,65+,66-,73-,76+,81+,82+,83-/m1/s1. The summed E-state index contributed by atoms with van der Waals surface area (Å²) in [6.45, 7) is 22.3. The topological polar surface area (TPSA) is 321 Å².